The maximum Gasteiger partial charge on any atom is 0.435 e. The zero-order valence-electron chi connectivity index (χ0n) is 14.1. The maximum absolute atomic E-state index is 14.7. The normalized spacial score (nSPS) is 11.7. The second kappa shape index (κ2) is 6.70. The highest BCUT2D eigenvalue weighted by atomic mass is 19.4. The van der Waals surface area contributed by atoms with E-state index in [1.807, 2.05) is 0 Å². The summed E-state index contributed by atoms with van der Waals surface area (Å²) in [6.07, 6.45) is -5.02. The molecule has 0 atom stereocenters. The standard InChI is InChI=1S/C18H11F6N3O/c1-27-15(14(17(25)28)16(26-27)18(22,23)24)13-9(3-2-4-11(13)20)8-5-6-10(19)12(21)7-8/h2-7H,1H3,(H2,25,28). The van der Waals surface area contributed by atoms with Crippen LogP contribution in [-0.2, 0) is 13.2 Å². The van der Waals surface area contributed by atoms with Crippen molar-refractivity contribution in [3.05, 3.63) is 65.1 Å². The molecule has 4 nitrogen and oxygen atoms in total. The van der Waals surface area contributed by atoms with Crippen LogP contribution in [0.4, 0.5) is 26.3 Å². The van der Waals surface area contributed by atoms with Crippen molar-refractivity contribution in [2.45, 2.75) is 6.18 Å². The summed E-state index contributed by atoms with van der Waals surface area (Å²) in [5, 5.41) is 3.28. The molecular weight excluding hydrogens is 388 g/mol. The summed E-state index contributed by atoms with van der Waals surface area (Å²) in [7, 11) is 1.08. The molecule has 28 heavy (non-hydrogen) atoms. The minimum absolute atomic E-state index is 0.0152. The summed E-state index contributed by atoms with van der Waals surface area (Å²) in [6.45, 7) is 0. The minimum atomic E-state index is -5.02. The summed E-state index contributed by atoms with van der Waals surface area (Å²) in [5.41, 5.74) is 1.46. The third-order valence-corrected chi connectivity index (χ3v) is 4.04. The van der Waals surface area contributed by atoms with Gasteiger partial charge in [-0.25, -0.2) is 13.2 Å². The van der Waals surface area contributed by atoms with Gasteiger partial charge in [0.1, 0.15) is 5.82 Å². The molecule has 2 aromatic carbocycles. The fourth-order valence-corrected chi connectivity index (χ4v) is 2.91. The molecule has 0 radical (unpaired) electrons. The van der Waals surface area contributed by atoms with Gasteiger partial charge in [-0.1, -0.05) is 18.2 Å². The smallest absolute Gasteiger partial charge is 0.365 e. The molecule has 1 heterocycles. The molecule has 0 aliphatic carbocycles. The van der Waals surface area contributed by atoms with Crippen molar-refractivity contribution in [3.8, 4) is 22.4 Å². The number of hydrogen-bond donors (Lipinski definition) is 1. The number of nitrogens with zero attached hydrogens (tertiary/aromatic N) is 2. The van der Waals surface area contributed by atoms with Gasteiger partial charge in [0, 0.05) is 12.6 Å². The van der Waals surface area contributed by atoms with Gasteiger partial charge in [-0.15, -0.1) is 0 Å². The first-order valence-corrected chi connectivity index (χ1v) is 7.70. The van der Waals surface area contributed by atoms with Crippen LogP contribution in [0.25, 0.3) is 22.4 Å². The maximum atomic E-state index is 14.7. The van der Waals surface area contributed by atoms with Gasteiger partial charge < -0.3 is 5.73 Å². The number of halogens is 6. The molecule has 146 valence electrons. The number of nitrogens with two attached hydrogens (primary N) is 1. The van der Waals surface area contributed by atoms with E-state index in [1.54, 1.807) is 0 Å². The van der Waals surface area contributed by atoms with E-state index in [9.17, 15) is 31.1 Å². The Morgan fingerprint density at radius 3 is 2.29 bits per heavy atom. The molecule has 0 fully saturated rings. The number of aromatic nitrogens is 2. The third kappa shape index (κ3) is 3.21. The lowest BCUT2D eigenvalue weighted by Gasteiger charge is -2.13. The molecule has 0 aliphatic heterocycles. The Bertz CT molecular complexity index is 1090. The number of benzene rings is 2. The lowest BCUT2D eigenvalue weighted by Crippen LogP contribution is -2.18. The SMILES string of the molecule is Cn1nc(C(F)(F)F)c(C(N)=O)c1-c1c(F)cccc1-c1ccc(F)c(F)c1. The first-order valence-electron chi connectivity index (χ1n) is 7.70. The average Bonchev–Trinajstić information content (AvgIpc) is 2.95. The molecule has 3 aromatic rings. The Kier molecular flexibility index (Phi) is 4.66. The Hall–Kier alpha value is -3.30. The summed E-state index contributed by atoms with van der Waals surface area (Å²) < 4.78 is 82.0. The van der Waals surface area contributed by atoms with E-state index in [1.165, 1.54) is 12.1 Å². The summed E-state index contributed by atoms with van der Waals surface area (Å²) >= 11 is 0. The molecule has 3 rings (SSSR count). The van der Waals surface area contributed by atoms with E-state index in [0.717, 1.165) is 31.3 Å². The fourth-order valence-electron chi connectivity index (χ4n) is 2.91. The Morgan fingerprint density at radius 1 is 1.04 bits per heavy atom. The van der Waals surface area contributed by atoms with Crippen LogP contribution >= 0.6 is 0 Å². The number of rotatable bonds is 3. The van der Waals surface area contributed by atoms with Crippen LogP contribution < -0.4 is 5.73 Å². The van der Waals surface area contributed by atoms with Crippen LogP contribution in [0.3, 0.4) is 0 Å². The average molecular weight is 399 g/mol. The van der Waals surface area contributed by atoms with Crippen molar-refractivity contribution >= 4 is 5.91 Å². The Balaban J connectivity index is 2.39. The quantitative estimate of drug-likeness (QED) is 0.668. The van der Waals surface area contributed by atoms with Crippen LogP contribution in [-0.4, -0.2) is 15.7 Å². The van der Waals surface area contributed by atoms with Crippen molar-refractivity contribution in [1.82, 2.24) is 9.78 Å². The van der Waals surface area contributed by atoms with Gasteiger partial charge in [0.05, 0.1) is 11.3 Å². The predicted molar refractivity (Wildman–Crippen MR) is 87.5 cm³/mol. The van der Waals surface area contributed by atoms with Crippen molar-refractivity contribution in [3.63, 3.8) is 0 Å². The lowest BCUT2D eigenvalue weighted by atomic mass is 9.94. The predicted octanol–water partition coefficient (Wildman–Crippen LogP) is 4.29. The van der Waals surface area contributed by atoms with E-state index >= 15 is 0 Å². The van der Waals surface area contributed by atoms with E-state index < -0.39 is 52.0 Å². The van der Waals surface area contributed by atoms with Crippen LogP contribution in [0.1, 0.15) is 16.1 Å². The van der Waals surface area contributed by atoms with Gasteiger partial charge in [-0.2, -0.15) is 18.3 Å². The van der Waals surface area contributed by atoms with E-state index in [2.05, 4.69) is 5.10 Å². The molecule has 1 amide bonds. The molecule has 1 aromatic heterocycles. The van der Waals surface area contributed by atoms with E-state index in [4.69, 9.17) is 5.73 Å². The molecular formula is C18H11F6N3O. The molecule has 0 aliphatic rings. The van der Waals surface area contributed by atoms with Crippen LogP contribution in [0, 0.1) is 17.5 Å². The molecule has 0 bridgehead atoms. The first-order chi connectivity index (χ1) is 13.0. The lowest BCUT2D eigenvalue weighted by molar-refractivity contribution is -0.141. The number of aryl methyl sites for hydroxylation is 1. The zero-order valence-corrected chi connectivity index (χ0v) is 14.1. The Morgan fingerprint density at radius 2 is 1.71 bits per heavy atom. The molecule has 0 unspecified atom stereocenters. The summed E-state index contributed by atoms with van der Waals surface area (Å²) in [4.78, 5) is 11.8. The van der Waals surface area contributed by atoms with Crippen LogP contribution in [0.2, 0.25) is 0 Å². The first kappa shape index (κ1) is 19.5. The number of alkyl halides is 3. The van der Waals surface area contributed by atoms with E-state index in [0.29, 0.717) is 4.68 Å². The van der Waals surface area contributed by atoms with Crippen molar-refractivity contribution in [1.29, 1.82) is 0 Å². The number of hydrogen-bond acceptors (Lipinski definition) is 2. The van der Waals surface area contributed by atoms with Gasteiger partial charge in [0.2, 0.25) is 0 Å². The van der Waals surface area contributed by atoms with Gasteiger partial charge in [-0.05, 0) is 29.3 Å². The van der Waals surface area contributed by atoms with Gasteiger partial charge in [0.15, 0.2) is 17.3 Å². The topological polar surface area (TPSA) is 60.9 Å². The minimum Gasteiger partial charge on any atom is -0.365 e. The number of primary amides is 1. The van der Waals surface area contributed by atoms with Gasteiger partial charge >= 0.3 is 6.18 Å². The van der Waals surface area contributed by atoms with Crippen molar-refractivity contribution < 1.29 is 31.1 Å². The second-order valence-corrected chi connectivity index (χ2v) is 5.85. The highest BCUT2D eigenvalue weighted by molar-refractivity contribution is 6.02. The molecule has 10 heteroatoms. The monoisotopic (exact) mass is 399 g/mol. The number of carbonyl (C=O) groups is 1. The molecule has 0 saturated heterocycles. The number of carbonyl (C=O) groups excluding carboxylic acids is 1. The second-order valence-electron chi connectivity index (χ2n) is 5.85. The molecule has 0 spiro atoms. The largest absolute Gasteiger partial charge is 0.435 e. The highest BCUT2D eigenvalue weighted by Crippen LogP contribution is 2.40. The Labute approximate surface area is 154 Å². The molecule has 2 N–H and O–H groups in total. The van der Waals surface area contributed by atoms with Crippen LogP contribution in [0.15, 0.2) is 36.4 Å². The highest BCUT2D eigenvalue weighted by Gasteiger charge is 2.41. The zero-order chi connectivity index (χ0) is 20.8. The summed E-state index contributed by atoms with van der Waals surface area (Å²) in [6, 6.07) is 6.15. The molecule has 0 saturated carbocycles. The van der Waals surface area contributed by atoms with Gasteiger partial charge in [0.25, 0.3) is 5.91 Å². The van der Waals surface area contributed by atoms with Crippen molar-refractivity contribution in [2.24, 2.45) is 12.8 Å². The summed E-state index contributed by atoms with van der Waals surface area (Å²) in [5.74, 6) is -4.85. The van der Waals surface area contributed by atoms with Gasteiger partial charge in [-0.3, -0.25) is 9.48 Å². The third-order valence-electron chi connectivity index (χ3n) is 4.04. The van der Waals surface area contributed by atoms with E-state index in [-0.39, 0.29) is 11.1 Å². The van der Waals surface area contributed by atoms with Crippen molar-refractivity contribution in [2.75, 3.05) is 0 Å². The fraction of sp³-hybridized carbons (Fsp3) is 0.111. The number of amides is 1. The van der Waals surface area contributed by atoms with Crippen LogP contribution in [0.5, 0.6) is 0 Å².